The molecule has 0 heterocycles. The van der Waals surface area contributed by atoms with Crippen molar-refractivity contribution in [2.24, 2.45) is 17.3 Å². The number of esters is 1. The van der Waals surface area contributed by atoms with Gasteiger partial charge in [0.05, 0.1) is 5.92 Å². The Balaban J connectivity index is 2.23. The summed E-state index contributed by atoms with van der Waals surface area (Å²) in [4.78, 5) is 13.1. The fourth-order valence-corrected chi connectivity index (χ4v) is 4.04. The fourth-order valence-electron chi connectivity index (χ4n) is 3.76. The van der Waals surface area contributed by atoms with Crippen LogP contribution in [0.4, 0.5) is 0 Å². The first-order valence-corrected chi connectivity index (χ1v) is 10.3. The molecule has 0 aliphatic heterocycles. The Bertz CT molecular complexity index is 925. The fraction of sp³-hybridized carbons (Fsp3) is 0.360. The summed E-state index contributed by atoms with van der Waals surface area (Å²) in [7, 11) is 0. The summed E-state index contributed by atoms with van der Waals surface area (Å²) in [5.41, 5.74) is 0.0404. The van der Waals surface area contributed by atoms with Crippen LogP contribution in [0, 0.1) is 28.6 Å². The highest BCUT2D eigenvalue weighted by molar-refractivity contribution is 6.29. The molecule has 2 aromatic rings. The minimum absolute atomic E-state index is 0.00635. The van der Waals surface area contributed by atoms with E-state index in [0.717, 1.165) is 0 Å². The predicted molar refractivity (Wildman–Crippen MR) is 119 cm³/mol. The lowest BCUT2D eigenvalue weighted by molar-refractivity contribution is -0.157. The van der Waals surface area contributed by atoms with Crippen molar-refractivity contribution < 1.29 is 14.3 Å². The van der Waals surface area contributed by atoms with E-state index in [9.17, 15) is 10.1 Å². The van der Waals surface area contributed by atoms with E-state index >= 15 is 0 Å². The van der Waals surface area contributed by atoms with E-state index < -0.39 is 23.4 Å². The number of hydrogen-bond donors (Lipinski definition) is 0. The number of para-hydroxylation sites is 1. The van der Waals surface area contributed by atoms with E-state index in [4.69, 9.17) is 21.1 Å². The van der Waals surface area contributed by atoms with E-state index in [1.54, 1.807) is 31.2 Å². The molecule has 0 saturated heterocycles. The Labute approximate surface area is 184 Å². The number of carbonyl (C=O) groups excluding carboxylic acids is 1. The van der Waals surface area contributed by atoms with Gasteiger partial charge in [0.15, 0.2) is 0 Å². The number of benzene rings is 2. The molecule has 2 unspecified atom stereocenters. The predicted octanol–water partition coefficient (Wildman–Crippen LogP) is 7.03. The van der Waals surface area contributed by atoms with Gasteiger partial charge in [-0.1, -0.05) is 75.7 Å². The number of ether oxygens (including phenoxy) is 2. The summed E-state index contributed by atoms with van der Waals surface area (Å²) in [5.74, 6) is 0.379. The van der Waals surface area contributed by atoms with Crippen LogP contribution in [0.2, 0.25) is 0 Å². The van der Waals surface area contributed by atoms with Gasteiger partial charge in [-0.3, -0.25) is 4.79 Å². The lowest BCUT2D eigenvalue weighted by Crippen LogP contribution is -2.35. The van der Waals surface area contributed by atoms with Crippen LogP contribution in [0.5, 0.6) is 11.5 Å². The largest absolute Gasteiger partial charge is 0.457 e. The quantitative estimate of drug-likeness (QED) is 0.426. The van der Waals surface area contributed by atoms with Crippen LogP contribution in [0.25, 0.3) is 0 Å². The molecular weight excluding hydrogens is 398 g/mol. The molecule has 2 atom stereocenters. The molecule has 0 amide bonds. The van der Waals surface area contributed by atoms with Crippen LogP contribution in [0.3, 0.4) is 0 Å². The van der Waals surface area contributed by atoms with Gasteiger partial charge in [-0.15, -0.1) is 0 Å². The molecular formula is C25H28ClNO3. The van der Waals surface area contributed by atoms with E-state index in [2.05, 4.69) is 6.07 Å². The Morgan fingerprint density at radius 1 is 1.10 bits per heavy atom. The van der Waals surface area contributed by atoms with Crippen LogP contribution in [-0.4, -0.2) is 5.97 Å². The summed E-state index contributed by atoms with van der Waals surface area (Å²) in [5, 5.41) is 10.3. The lowest BCUT2D eigenvalue weighted by Gasteiger charge is -2.33. The Morgan fingerprint density at radius 3 is 2.30 bits per heavy atom. The van der Waals surface area contributed by atoms with Crippen molar-refractivity contribution in [2.45, 2.75) is 40.7 Å². The molecule has 0 N–H and O–H groups in total. The second kappa shape index (κ2) is 10.3. The number of nitrogens with zero attached hydrogens (tertiary/aromatic N) is 1. The Morgan fingerprint density at radius 2 is 1.73 bits per heavy atom. The van der Waals surface area contributed by atoms with Crippen molar-refractivity contribution in [3.05, 3.63) is 71.3 Å². The van der Waals surface area contributed by atoms with Crippen molar-refractivity contribution >= 4 is 17.6 Å². The molecule has 158 valence electrons. The highest BCUT2D eigenvalue weighted by Gasteiger charge is 2.38. The molecule has 0 radical (unpaired) electrons. The third kappa shape index (κ3) is 6.37. The van der Waals surface area contributed by atoms with Gasteiger partial charge in [-0.05, 0) is 42.5 Å². The first kappa shape index (κ1) is 23.5. The van der Waals surface area contributed by atoms with Crippen molar-refractivity contribution in [3.63, 3.8) is 0 Å². The monoisotopic (exact) mass is 425 g/mol. The Kier molecular flexibility index (Phi) is 8.08. The lowest BCUT2D eigenvalue weighted by atomic mass is 9.72. The topological polar surface area (TPSA) is 59.3 Å². The number of nitriles is 1. The summed E-state index contributed by atoms with van der Waals surface area (Å²) in [6.45, 7) is 9.59. The molecule has 0 saturated carbocycles. The SMILES string of the molecule is CC(Cl)=CC(C)(C)C(C(=O)OC(C#N)c1cccc(Oc2ccccc2)c1)C(C)C. The average molecular weight is 426 g/mol. The molecule has 0 aromatic heterocycles. The molecule has 0 fully saturated rings. The Hall–Kier alpha value is -2.77. The summed E-state index contributed by atoms with van der Waals surface area (Å²) < 4.78 is 11.5. The number of hydrogen-bond acceptors (Lipinski definition) is 4. The maximum Gasteiger partial charge on any atom is 0.311 e. The van der Waals surface area contributed by atoms with Crippen molar-refractivity contribution in [2.75, 3.05) is 0 Å². The third-order valence-corrected chi connectivity index (χ3v) is 4.89. The standard InChI is InChI=1S/C25H28ClNO3/c1-17(2)23(25(4,5)15-18(3)26)24(28)30-22(16-27)19-10-9-13-21(14-19)29-20-11-7-6-8-12-20/h6-15,17,22-23H,1-5H3. The van der Waals surface area contributed by atoms with Crippen LogP contribution in [-0.2, 0) is 9.53 Å². The van der Waals surface area contributed by atoms with Gasteiger partial charge >= 0.3 is 5.97 Å². The molecule has 0 spiro atoms. The van der Waals surface area contributed by atoms with Gasteiger partial charge in [-0.25, -0.2) is 0 Å². The van der Waals surface area contributed by atoms with E-state index in [1.165, 1.54) is 0 Å². The van der Waals surface area contributed by atoms with E-state index in [1.807, 2.05) is 64.1 Å². The summed E-state index contributed by atoms with van der Waals surface area (Å²) in [6.07, 6.45) is 0.825. The molecule has 0 aliphatic carbocycles. The summed E-state index contributed by atoms with van der Waals surface area (Å²) in [6, 6.07) is 18.5. The summed E-state index contributed by atoms with van der Waals surface area (Å²) >= 11 is 6.07. The zero-order valence-corrected chi connectivity index (χ0v) is 18.8. The first-order valence-electron chi connectivity index (χ1n) is 9.92. The van der Waals surface area contributed by atoms with Crippen molar-refractivity contribution in [1.82, 2.24) is 0 Å². The molecule has 5 heteroatoms. The molecule has 4 nitrogen and oxygen atoms in total. The van der Waals surface area contributed by atoms with Crippen LogP contribution in [0.1, 0.15) is 46.3 Å². The maximum atomic E-state index is 13.1. The normalized spacial score (nSPS) is 14.0. The minimum atomic E-state index is -1.03. The maximum absolute atomic E-state index is 13.1. The first-order chi connectivity index (χ1) is 14.1. The second-order valence-electron chi connectivity index (χ2n) is 8.21. The van der Waals surface area contributed by atoms with Gasteiger partial charge < -0.3 is 9.47 Å². The van der Waals surface area contributed by atoms with Gasteiger partial charge in [0, 0.05) is 10.6 Å². The third-order valence-electron chi connectivity index (χ3n) is 4.78. The minimum Gasteiger partial charge on any atom is -0.457 e. The van der Waals surface area contributed by atoms with Crippen LogP contribution >= 0.6 is 11.6 Å². The van der Waals surface area contributed by atoms with Crippen LogP contribution in [0.15, 0.2) is 65.7 Å². The van der Waals surface area contributed by atoms with Crippen LogP contribution < -0.4 is 4.74 Å². The number of rotatable bonds is 8. The highest BCUT2D eigenvalue weighted by atomic mass is 35.5. The number of allylic oxidation sites excluding steroid dienone is 2. The number of carbonyl (C=O) groups is 1. The highest BCUT2D eigenvalue weighted by Crippen LogP contribution is 2.38. The van der Waals surface area contributed by atoms with Crippen molar-refractivity contribution in [3.8, 4) is 17.6 Å². The molecule has 0 bridgehead atoms. The zero-order valence-electron chi connectivity index (χ0n) is 18.1. The molecule has 2 aromatic carbocycles. The number of halogens is 1. The van der Waals surface area contributed by atoms with Crippen molar-refractivity contribution in [1.29, 1.82) is 5.26 Å². The smallest absolute Gasteiger partial charge is 0.311 e. The van der Waals surface area contributed by atoms with E-state index in [-0.39, 0.29) is 5.92 Å². The zero-order chi connectivity index (χ0) is 22.3. The van der Waals surface area contributed by atoms with Gasteiger partial charge in [0.2, 0.25) is 6.10 Å². The van der Waals surface area contributed by atoms with Gasteiger partial charge in [-0.2, -0.15) is 5.26 Å². The molecule has 2 rings (SSSR count). The molecule has 0 aliphatic rings. The van der Waals surface area contributed by atoms with Gasteiger partial charge in [0.25, 0.3) is 0 Å². The molecule has 30 heavy (non-hydrogen) atoms. The van der Waals surface area contributed by atoms with E-state index in [0.29, 0.717) is 22.1 Å². The van der Waals surface area contributed by atoms with Gasteiger partial charge in [0.1, 0.15) is 17.6 Å². The average Bonchev–Trinajstić information content (AvgIpc) is 2.65. The second-order valence-corrected chi connectivity index (χ2v) is 8.80.